The molecule has 1 N–H and O–H groups in total. The van der Waals surface area contributed by atoms with Crippen molar-refractivity contribution in [3.8, 4) is 0 Å². The van der Waals surface area contributed by atoms with E-state index in [1.165, 1.54) is 22.3 Å². The quantitative estimate of drug-likeness (QED) is 0.779. The van der Waals surface area contributed by atoms with Crippen LogP contribution >= 0.6 is 0 Å². The van der Waals surface area contributed by atoms with E-state index in [9.17, 15) is 0 Å². The highest BCUT2D eigenvalue weighted by molar-refractivity contribution is 5.37. The molecule has 2 aromatic carbocycles. The molecule has 0 saturated heterocycles. The SMILES string of the molecule is CNC(c1ccc(C(C)(C)C)cc1)c1ccc(C(C)(C)C)cc1. The van der Waals surface area contributed by atoms with Crippen LogP contribution in [-0.4, -0.2) is 7.05 Å². The Kier molecular flexibility index (Phi) is 5.01. The van der Waals surface area contributed by atoms with Gasteiger partial charge >= 0.3 is 0 Å². The molecule has 0 aliphatic heterocycles. The van der Waals surface area contributed by atoms with Crippen LogP contribution in [0.2, 0.25) is 0 Å². The summed E-state index contributed by atoms with van der Waals surface area (Å²) in [6.07, 6.45) is 0. The summed E-state index contributed by atoms with van der Waals surface area (Å²) in [6.45, 7) is 13.5. The van der Waals surface area contributed by atoms with E-state index in [1.54, 1.807) is 0 Å². The first-order valence-corrected chi connectivity index (χ1v) is 8.51. The fraction of sp³-hybridized carbons (Fsp3) is 0.455. The average Bonchev–Trinajstić information content (AvgIpc) is 2.47. The van der Waals surface area contributed by atoms with Crippen LogP contribution in [-0.2, 0) is 10.8 Å². The molecule has 1 nitrogen and oxygen atoms in total. The minimum absolute atomic E-state index is 0.196. The summed E-state index contributed by atoms with van der Waals surface area (Å²) < 4.78 is 0. The first-order valence-electron chi connectivity index (χ1n) is 8.51. The van der Waals surface area contributed by atoms with Gasteiger partial charge in [0.25, 0.3) is 0 Å². The third-order valence-electron chi connectivity index (χ3n) is 4.51. The van der Waals surface area contributed by atoms with Crippen molar-refractivity contribution < 1.29 is 0 Å². The van der Waals surface area contributed by atoms with Crippen LogP contribution in [0.4, 0.5) is 0 Å². The van der Waals surface area contributed by atoms with E-state index < -0.39 is 0 Å². The van der Waals surface area contributed by atoms with Gasteiger partial charge in [0.15, 0.2) is 0 Å². The van der Waals surface area contributed by atoms with Gasteiger partial charge in [0.2, 0.25) is 0 Å². The van der Waals surface area contributed by atoms with Crippen molar-refractivity contribution in [2.24, 2.45) is 0 Å². The third-order valence-corrected chi connectivity index (χ3v) is 4.51. The zero-order valence-electron chi connectivity index (χ0n) is 15.7. The smallest absolute Gasteiger partial charge is 0.0574 e. The molecular weight excluding hydrogens is 278 g/mol. The van der Waals surface area contributed by atoms with Crippen LogP contribution in [0.15, 0.2) is 48.5 Å². The van der Waals surface area contributed by atoms with Crippen LogP contribution < -0.4 is 5.32 Å². The van der Waals surface area contributed by atoms with Crippen molar-refractivity contribution in [2.75, 3.05) is 7.05 Å². The predicted molar refractivity (Wildman–Crippen MR) is 101 cm³/mol. The Hall–Kier alpha value is -1.60. The lowest BCUT2D eigenvalue weighted by Crippen LogP contribution is -2.19. The van der Waals surface area contributed by atoms with Crippen molar-refractivity contribution in [1.29, 1.82) is 0 Å². The molecule has 0 unspecified atom stereocenters. The van der Waals surface area contributed by atoms with E-state index >= 15 is 0 Å². The lowest BCUT2D eigenvalue weighted by atomic mass is 9.84. The minimum atomic E-state index is 0.196. The fourth-order valence-electron chi connectivity index (χ4n) is 2.88. The second-order valence-electron chi connectivity index (χ2n) is 8.47. The number of rotatable bonds is 3. The maximum absolute atomic E-state index is 3.45. The van der Waals surface area contributed by atoms with E-state index in [4.69, 9.17) is 0 Å². The second kappa shape index (κ2) is 6.49. The summed E-state index contributed by atoms with van der Waals surface area (Å²) >= 11 is 0. The lowest BCUT2D eigenvalue weighted by Gasteiger charge is -2.23. The number of hydrogen-bond donors (Lipinski definition) is 1. The summed E-state index contributed by atoms with van der Waals surface area (Å²) in [5.74, 6) is 0. The molecule has 124 valence electrons. The number of nitrogens with one attached hydrogen (secondary N) is 1. The van der Waals surface area contributed by atoms with Gasteiger partial charge in [0, 0.05) is 0 Å². The van der Waals surface area contributed by atoms with Crippen LogP contribution in [0.1, 0.15) is 69.8 Å². The Bertz CT molecular complexity index is 564. The van der Waals surface area contributed by atoms with E-state index in [1.807, 2.05) is 7.05 Å². The molecular formula is C22H31N. The van der Waals surface area contributed by atoms with Crippen LogP contribution in [0.25, 0.3) is 0 Å². The monoisotopic (exact) mass is 309 g/mol. The van der Waals surface area contributed by atoms with Crippen molar-refractivity contribution in [3.05, 3.63) is 70.8 Å². The van der Waals surface area contributed by atoms with Crippen molar-refractivity contribution in [3.63, 3.8) is 0 Å². The van der Waals surface area contributed by atoms with Crippen molar-refractivity contribution in [2.45, 2.75) is 58.4 Å². The zero-order valence-corrected chi connectivity index (χ0v) is 15.7. The molecule has 0 saturated carbocycles. The predicted octanol–water partition coefficient (Wildman–Crippen LogP) is 5.59. The average molecular weight is 309 g/mol. The van der Waals surface area contributed by atoms with Gasteiger partial charge in [-0.05, 0) is 40.1 Å². The molecule has 0 bridgehead atoms. The standard InChI is InChI=1S/C22H31N/c1-21(2,3)18-12-8-16(9-13-18)20(23-7)17-10-14-19(15-11-17)22(4,5)6/h8-15,20,23H,1-7H3. The molecule has 2 rings (SSSR count). The van der Waals surface area contributed by atoms with Crippen molar-refractivity contribution >= 4 is 0 Å². The molecule has 0 aliphatic carbocycles. The Balaban J connectivity index is 2.29. The fourth-order valence-corrected chi connectivity index (χ4v) is 2.88. The van der Waals surface area contributed by atoms with Gasteiger partial charge in [0.1, 0.15) is 0 Å². The Morgan fingerprint density at radius 1 is 0.609 bits per heavy atom. The van der Waals surface area contributed by atoms with Gasteiger partial charge < -0.3 is 5.32 Å². The van der Waals surface area contributed by atoms with E-state index in [0.717, 1.165) is 0 Å². The Labute approximate surface area is 142 Å². The molecule has 0 amide bonds. The molecule has 0 aliphatic rings. The molecule has 0 aromatic heterocycles. The van der Waals surface area contributed by atoms with Gasteiger partial charge in [-0.3, -0.25) is 0 Å². The molecule has 23 heavy (non-hydrogen) atoms. The van der Waals surface area contributed by atoms with Gasteiger partial charge in [0.05, 0.1) is 6.04 Å². The van der Waals surface area contributed by atoms with Gasteiger partial charge in [-0.15, -0.1) is 0 Å². The number of hydrogen-bond acceptors (Lipinski definition) is 1. The largest absolute Gasteiger partial charge is 0.309 e. The summed E-state index contributed by atoms with van der Waals surface area (Å²) in [6, 6.07) is 18.2. The van der Waals surface area contributed by atoms with Crippen LogP contribution in [0.5, 0.6) is 0 Å². The first kappa shape index (κ1) is 17.7. The van der Waals surface area contributed by atoms with Gasteiger partial charge in [-0.25, -0.2) is 0 Å². The minimum Gasteiger partial charge on any atom is -0.309 e. The second-order valence-corrected chi connectivity index (χ2v) is 8.47. The van der Waals surface area contributed by atoms with E-state index in [-0.39, 0.29) is 16.9 Å². The molecule has 2 aromatic rings. The van der Waals surface area contributed by atoms with Gasteiger partial charge in [-0.2, -0.15) is 0 Å². The lowest BCUT2D eigenvalue weighted by molar-refractivity contribution is 0.588. The molecule has 1 heteroatoms. The zero-order chi connectivity index (χ0) is 17.3. The molecule has 0 atom stereocenters. The van der Waals surface area contributed by atoms with E-state index in [0.29, 0.717) is 0 Å². The maximum Gasteiger partial charge on any atom is 0.0574 e. The topological polar surface area (TPSA) is 12.0 Å². The Morgan fingerprint density at radius 3 is 1.13 bits per heavy atom. The highest BCUT2D eigenvalue weighted by Gasteiger charge is 2.17. The highest BCUT2D eigenvalue weighted by atomic mass is 14.9. The van der Waals surface area contributed by atoms with Crippen LogP contribution in [0, 0.1) is 0 Å². The highest BCUT2D eigenvalue weighted by Crippen LogP contribution is 2.28. The first-order chi connectivity index (χ1) is 10.6. The normalized spacial score (nSPS) is 12.7. The maximum atomic E-state index is 3.45. The van der Waals surface area contributed by atoms with Gasteiger partial charge in [-0.1, -0.05) is 90.1 Å². The van der Waals surface area contributed by atoms with E-state index in [2.05, 4.69) is 95.4 Å². The summed E-state index contributed by atoms with van der Waals surface area (Å²) in [5, 5.41) is 3.45. The van der Waals surface area contributed by atoms with Crippen molar-refractivity contribution in [1.82, 2.24) is 5.32 Å². The third kappa shape index (κ3) is 4.23. The summed E-state index contributed by atoms with van der Waals surface area (Å²) in [5.41, 5.74) is 5.76. The molecule has 0 radical (unpaired) electrons. The molecule has 0 fully saturated rings. The van der Waals surface area contributed by atoms with Crippen LogP contribution in [0.3, 0.4) is 0 Å². The number of benzene rings is 2. The molecule has 0 heterocycles. The Morgan fingerprint density at radius 2 is 0.913 bits per heavy atom. The summed E-state index contributed by atoms with van der Waals surface area (Å²) in [7, 11) is 2.03. The summed E-state index contributed by atoms with van der Waals surface area (Å²) in [4.78, 5) is 0. The molecule has 0 spiro atoms.